The van der Waals surface area contributed by atoms with Gasteiger partial charge in [-0.15, -0.1) is 0 Å². The molecule has 1 aliphatic rings. The van der Waals surface area contributed by atoms with Crippen molar-refractivity contribution in [2.75, 3.05) is 71.2 Å². The summed E-state index contributed by atoms with van der Waals surface area (Å²) in [6.07, 6.45) is 0.737. The van der Waals surface area contributed by atoms with Crippen LogP contribution in [0.1, 0.15) is 17.2 Å². The standard InChI is InChI=1S/C19H30N4O5/c1-16-13-19(21-27-16)23-6-4-22(5-7-23)15-18-14-17(20-28-18)3-8-25-11-12-26-10-9-24-2/h13-14H,3-12,15H2,1-2H3. The fraction of sp³-hybridized carbons (Fsp3) is 0.684. The summed E-state index contributed by atoms with van der Waals surface area (Å²) in [4.78, 5) is 4.61. The van der Waals surface area contributed by atoms with Crippen LogP contribution in [0.4, 0.5) is 5.82 Å². The number of methoxy groups -OCH3 is 1. The Labute approximate surface area is 165 Å². The Balaban J connectivity index is 1.29. The number of aromatic nitrogens is 2. The molecule has 156 valence electrons. The molecule has 1 fully saturated rings. The van der Waals surface area contributed by atoms with E-state index in [9.17, 15) is 0 Å². The molecule has 0 bridgehead atoms. The minimum atomic E-state index is 0.573. The van der Waals surface area contributed by atoms with Gasteiger partial charge in [-0.25, -0.2) is 0 Å². The highest BCUT2D eigenvalue weighted by molar-refractivity contribution is 5.38. The molecule has 9 nitrogen and oxygen atoms in total. The molecule has 0 radical (unpaired) electrons. The van der Waals surface area contributed by atoms with E-state index in [0.717, 1.165) is 62.2 Å². The average molecular weight is 394 g/mol. The molecular weight excluding hydrogens is 364 g/mol. The molecule has 2 aromatic rings. The van der Waals surface area contributed by atoms with Crippen molar-refractivity contribution in [1.82, 2.24) is 15.2 Å². The van der Waals surface area contributed by atoms with Crippen molar-refractivity contribution < 1.29 is 23.3 Å². The predicted octanol–water partition coefficient (Wildman–Crippen LogP) is 1.52. The smallest absolute Gasteiger partial charge is 0.172 e. The highest BCUT2D eigenvalue weighted by Crippen LogP contribution is 2.17. The monoisotopic (exact) mass is 394 g/mol. The molecule has 0 N–H and O–H groups in total. The van der Waals surface area contributed by atoms with Crippen molar-refractivity contribution >= 4 is 5.82 Å². The maximum Gasteiger partial charge on any atom is 0.172 e. The summed E-state index contributed by atoms with van der Waals surface area (Å²) in [5, 5.41) is 8.23. The zero-order chi connectivity index (χ0) is 19.6. The first-order chi connectivity index (χ1) is 13.7. The third-order valence-corrected chi connectivity index (χ3v) is 4.61. The quantitative estimate of drug-likeness (QED) is 0.497. The number of aryl methyl sites for hydroxylation is 1. The van der Waals surface area contributed by atoms with Gasteiger partial charge in [-0.3, -0.25) is 4.90 Å². The molecule has 1 saturated heterocycles. The summed E-state index contributed by atoms with van der Waals surface area (Å²) in [7, 11) is 1.66. The van der Waals surface area contributed by atoms with Crippen molar-refractivity contribution in [3.05, 3.63) is 29.3 Å². The molecule has 0 saturated carbocycles. The fourth-order valence-corrected chi connectivity index (χ4v) is 3.05. The number of hydrogen-bond donors (Lipinski definition) is 0. The molecule has 0 aliphatic carbocycles. The van der Waals surface area contributed by atoms with Gasteiger partial charge in [0, 0.05) is 51.8 Å². The summed E-state index contributed by atoms with van der Waals surface area (Å²) >= 11 is 0. The Morgan fingerprint density at radius 3 is 2.39 bits per heavy atom. The fourth-order valence-electron chi connectivity index (χ4n) is 3.05. The molecule has 0 unspecified atom stereocenters. The van der Waals surface area contributed by atoms with E-state index in [1.54, 1.807) is 7.11 Å². The van der Waals surface area contributed by atoms with Gasteiger partial charge in [-0.1, -0.05) is 10.3 Å². The van der Waals surface area contributed by atoms with Crippen LogP contribution >= 0.6 is 0 Å². The molecule has 0 spiro atoms. The SMILES string of the molecule is COCCOCCOCCc1cc(CN2CCN(c3cc(C)on3)CC2)on1. The molecule has 1 aliphatic heterocycles. The van der Waals surface area contributed by atoms with Crippen LogP contribution in [0.5, 0.6) is 0 Å². The number of ether oxygens (including phenoxy) is 3. The van der Waals surface area contributed by atoms with E-state index in [1.807, 2.05) is 19.1 Å². The van der Waals surface area contributed by atoms with Gasteiger partial charge in [0.2, 0.25) is 0 Å². The van der Waals surface area contributed by atoms with Crippen LogP contribution < -0.4 is 4.90 Å². The van der Waals surface area contributed by atoms with Gasteiger partial charge in [-0.05, 0) is 6.92 Å². The molecule has 3 heterocycles. The molecule has 28 heavy (non-hydrogen) atoms. The normalized spacial score (nSPS) is 15.4. The van der Waals surface area contributed by atoms with Gasteiger partial charge in [-0.2, -0.15) is 0 Å². The molecule has 3 rings (SSSR count). The van der Waals surface area contributed by atoms with E-state index in [1.165, 1.54) is 0 Å². The van der Waals surface area contributed by atoms with E-state index in [2.05, 4.69) is 20.1 Å². The van der Waals surface area contributed by atoms with E-state index in [4.69, 9.17) is 23.3 Å². The molecule has 0 atom stereocenters. The van der Waals surface area contributed by atoms with Gasteiger partial charge in [0.1, 0.15) is 5.76 Å². The van der Waals surface area contributed by atoms with E-state index in [0.29, 0.717) is 33.0 Å². The van der Waals surface area contributed by atoms with E-state index >= 15 is 0 Å². The number of nitrogens with zero attached hydrogens (tertiary/aromatic N) is 4. The van der Waals surface area contributed by atoms with Crippen LogP contribution in [0.15, 0.2) is 21.2 Å². The summed E-state index contributed by atoms with van der Waals surface area (Å²) in [5.74, 6) is 2.65. The Bertz CT molecular complexity index is 681. The van der Waals surface area contributed by atoms with Crippen LogP contribution in [0.2, 0.25) is 0 Å². The summed E-state index contributed by atoms with van der Waals surface area (Å²) in [6, 6.07) is 4.00. The second-order valence-electron chi connectivity index (χ2n) is 6.81. The third kappa shape index (κ3) is 6.59. The lowest BCUT2D eigenvalue weighted by atomic mass is 10.2. The number of anilines is 1. The minimum Gasteiger partial charge on any atom is -0.382 e. The lowest BCUT2D eigenvalue weighted by Crippen LogP contribution is -2.46. The highest BCUT2D eigenvalue weighted by atomic mass is 16.5. The topological polar surface area (TPSA) is 86.2 Å². The van der Waals surface area contributed by atoms with Crippen molar-refractivity contribution in [1.29, 1.82) is 0 Å². The summed E-state index contributed by atoms with van der Waals surface area (Å²) in [5.41, 5.74) is 0.923. The number of hydrogen-bond acceptors (Lipinski definition) is 9. The van der Waals surface area contributed by atoms with Crippen LogP contribution in [0.25, 0.3) is 0 Å². The molecule has 9 heteroatoms. The number of piperazine rings is 1. The maximum absolute atomic E-state index is 5.56. The first-order valence-electron chi connectivity index (χ1n) is 9.74. The summed E-state index contributed by atoms with van der Waals surface area (Å²) in [6.45, 7) is 9.40. The third-order valence-electron chi connectivity index (χ3n) is 4.61. The summed E-state index contributed by atoms with van der Waals surface area (Å²) < 4.78 is 26.5. The van der Waals surface area contributed by atoms with Gasteiger partial charge < -0.3 is 28.2 Å². The largest absolute Gasteiger partial charge is 0.382 e. The first-order valence-corrected chi connectivity index (χ1v) is 9.74. The van der Waals surface area contributed by atoms with Crippen LogP contribution in [0.3, 0.4) is 0 Å². The first kappa shape index (κ1) is 20.8. The second-order valence-corrected chi connectivity index (χ2v) is 6.81. The van der Waals surface area contributed by atoms with Gasteiger partial charge in [0.05, 0.1) is 45.3 Å². The van der Waals surface area contributed by atoms with E-state index in [-0.39, 0.29) is 0 Å². The second kappa shape index (κ2) is 11.2. The molecule has 0 amide bonds. The zero-order valence-corrected chi connectivity index (χ0v) is 16.8. The Kier molecular flexibility index (Phi) is 8.28. The Hall–Kier alpha value is -1.94. The Morgan fingerprint density at radius 1 is 0.929 bits per heavy atom. The minimum absolute atomic E-state index is 0.573. The maximum atomic E-state index is 5.56. The van der Waals surface area contributed by atoms with Crippen molar-refractivity contribution in [2.45, 2.75) is 19.9 Å². The van der Waals surface area contributed by atoms with Crippen molar-refractivity contribution in [2.24, 2.45) is 0 Å². The van der Waals surface area contributed by atoms with Crippen LogP contribution in [0, 0.1) is 6.92 Å². The Morgan fingerprint density at radius 2 is 1.68 bits per heavy atom. The van der Waals surface area contributed by atoms with Crippen LogP contribution in [-0.2, 0) is 27.2 Å². The van der Waals surface area contributed by atoms with Crippen molar-refractivity contribution in [3.8, 4) is 0 Å². The number of rotatable bonds is 12. The zero-order valence-electron chi connectivity index (χ0n) is 16.8. The molecular formula is C19H30N4O5. The van der Waals surface area contributed by atoms with E-state index < -0.39 is 0 Å². The lowest BCUT2D eigenvalue weighted by Gasteiger charge is -2.33. The van der Waals surface area contributed by atoms with Crippen molar-refractivity contribution in [3.63, 3.8) is 0 Å². The van der Waals surface area contributed by atoms with Gasteiger partial charge >= 0.3 is 0 Å². The van der Waals surface area contributed by atoms with Gasteiger partial charge in [0.15, 0.2) is 11.6 Å². The molecule has 0 aromatic carbocycles. The predicted molar refractivity (Wildman–Crippen MR) is 102 cm³/mol. The lowest BCUT2D eigenvalue weighted by molar-refractivity contribution is 0.0253. The highest BCUT2D eigenvalue weighted by Gasteiger charge is 2.20. The average Bonchev–Trinajstić information content (AvgIpc) is 3.33. The van der Waals surface area contributed by atoms with Crippen LogP contribution in [-0.4, -0.2) is 81.5 Å². The molecule has 2 aromatic heterocycles. The van der Waals surface area contributed by atoms with Gasteiger partial charge in [0.25, 0.3) is 0 Å².